The predicted molar refractivity (Wildman–Crippen MR) is 65.1 cm³/mol. The second-order valence-electron chi connectivity index (χ2n) is 3.52. The SMILES string of the molecule is C=CCNCC(=O)c1ccc(OC)cc1C. The summed E-state index contributed by atoms with van der Waals surface area (Å²) < 4.78 is 5.09. The number of nitrogens with one attached hydrogen (secondary N) is 1. The third-order valence-electron chi connectivity index (χ3n) is 2.31. The molecule has 0 heterocycles. The number of aryl methyl sites for hydroxylation is 1. The Morgan fingerprint density at radius 3 is 2.88 bits per heavy atom. The summed E-state index contributed by atoms with van der Waals surface area (Å²) in [4.78, 5) is 11.8. The molecule has 0 saturated carbocycles. The Morgan fingerprint density at radius 1 is 1.56 bits per heavy atom. The molecule has 0 saturated heterocycles. The monoisotopic (exact) mass is 219 g/mol. The summed E-state index contributed by atoms with van der Waals surface area (Å²) in [5.74, 6) is 0.857. The summed E-state index contributed by atoms with van der Waals surface area (Å²) in [7, 11) is 1.61. The molecule has 3 heteroatoms. The summed E-state index contributed by atoms with van der Waals surface area (Å²) in [6.45, 7) is 6.46. The maximum absolute atomic E-state index is 11.8. The van der Waals surface area contributed by atoms with E-state index >= 15 is 0 Å². The Morgan fingerprint density at radius 2 is 2.31 bits per heavy atom. The molecule has 0 aliphatic carbocycles. The van der Waals surface area contributed by atoms with E-state index in [1.807, 2.05) is 13.0 Å². The molecule has 0 bridgehead atoms. The maximum atomic E-state index is 11.8. The van der Waals surface area contributed by atoms with Crippen LogP contribution in [0, 0.1) is 6.92 Å². The normalized spacial score (nSPS) is 9.88. The fourth-order valence-electron chi connectivity index (χ4n) is 1.46. The zero-order valence-electron chi connectivity index (χ0n) is 9.75. The van der Waals surface area contributed by atoms with Crippen LogP contribution in [0.2, 0.25) is 0 Å². The highest BCUT2D eigenvalue weighted by atomic mass is 16.5. The highest BCUT2D eigenvalue weighted by Gasteiger charge is 2.08. The van der Waals surface area contributed by atoms with Crippen LogP contribution in [-0.2, 0) is 0 Å². The van der Waals surface area contributed by atoms with E-state index in [2.05, 4.69) is 11.9 Å². The quantitative estimate of drug-likeness (QED) is 0.451. The maximum Gasteiger partial charge on any atom is 0.176 e. The molecule has 3 nitrogen and oxygen atoms in total. The molecule has 0 aliphatic rings. The lowest BCUT2D eigenvalue weighted by atomic mass is 10.0. The van der Waals surface area contributed by atoms with Gasteiger partial charge < -0.3 is 10.1 Å². The zero-order chi connectivity index (χ0) is 12.0. The lowest BCUT2D eigenvalue weighted by molar-refractivity contribution is 0.0992. The van der Waals surface area contributed by atoms with Gasteiger partial charge in [-0.2, -0.15) is 0 Å². The first-order valence-corrected chi connectivity index (χ1v) is 5.18. The first-order valence-electron chi connectivity index (χ1n) is 5.18. The van der Waals surface area contributed by atoms with Gasteiger partial charge in [-0.05, 0) is 30.7 Å². The number of benzene rings is 1. The summed E-state index contributed by atoms with van der Waals surface area (Å²) in [6.07, 6.45) is 1.73. The highest BCUT2D eigenvalue weighted by molar-refractivity contribution is 5.99. The first kappa shape index (κ1) is 12.5. The number of methoxy groups -OCH3 is 1. The smallest absolute Gasteiger partial charge is 0.176 e. The van der Waals surface area contributed by atoms with E-state index in [0.29, 0.717) is 13.1 Å². The van der Waals surface area contributed by atoms with Crippen molar-refractivity contribution in [2.45, 2.75) is 6.92 Å². The number of ketones is 1. The first-order chi connectivity index (χ1) is 7.69. The van der Waals surface area contributed by atoms with Crippen molar-refractivity contribution in [3.63, 3.8) is 0 Å². The highest BCUT2D eigenvalue weighted by Crippen LogP contribution is 2.16. The molecule has 0 unspecified atom stereocenters. The molecule has 1 rings (SSSR count). The second kappa shape index (κ2) is 6.08. The van der Waals surface area contributed by atoms with Crippen LogP contribution in [0.15, 0.2) is 30.9 Å². The van der Waals surface area contributed by atoms with E-state index in [0.717, 1.165) is 16.9 Å². The molecular weight excluding hydrogens is 202 g/mol. The molecule has 1 N–H and O–H groups in total. The molecule has 0 fully saturated rings. The van der Waals surface area contributed by atoms with Gasteiger partial charge in [0, 0.05) is 12.1 Å². The van der Waals surface area contributed by atoms with Crippen LogP contribution in [0.5, 0.6) is 5.75 Å². The average molecular weight is 219 g/mol. The van der Waals surface area contributed by atoms with Crippen molar-refractivity contribution in [3.8, 4) is 5.75 Å². The molecule has 0 aliphatic heterocycles. The van der Waals surface area contributed by atoms with E-state index in [-0.39, 0.29) is 5.78 Å². The van der Waals surface area contributed by atoms with Crippen molar-refractivity contribution in [2.75, 3.05) is 20.2 Å². The van der Waals surface area contributed by atoms with Gasteiger partial charge in [-0.15, -0.1) is 6.58 Å². The van der Waals surface area contributed by atoms with Gasteiger partial charge in [0.1, 0.15) is 5.75 Å². The van der Waals surface area contributed by atoms with Crippen LogP contribution in [0.4, 0.5) is 0 Å². The van der Waals surface area contributed by atoms with Gasteiger partial charge in [0.2, 0.25) is 0 Å². The van der Waals surface area contributed by atoms with Gasteiger partial charge in [0.05, 0.1) is 13.7 Å². The molecule has 0 radical (unpaired) electrons. The standard InChI is InChI=1S/C13H17NO2/c1-4-7-14-9-13(15)12-6-5-11(16-3)8-10(12)2/h4-6,8,14H,1,7,9H2,2-3H3. The number of hydrogen-bond donors (Lipinski definition) is 1. The van der Waals surface area contributed by atoms with Gasteiger partial charge in [0.15, 0.2) is 5.78 Å². The van der Waals surface area contributed by atoms with E-state index in [4.69, 9.17) is 4.74 Å². The minimum Gasteiger partial charge on any atom is -0.497 e. The van der Waals surface area contributed by atoms with Gasteiger partial charge in [0.25, 0.3) is 0 Å². The van der Waals surface area contributed by atoms with Crippen molar-refractivity contribution in [1.82, 2.24) is 5.32 Å². The van der Waals surface area contributed by atoms with Crippen LogP contribution < -0.4 is 10.1 Å². The molecule has 0 amide bonds. The third kappa shape index (κ3) is 3.21. The average Bonchev–Trinajstić information content (AvgIpc) is 2.29. The number of rotatable bonds is 6. The van der Waals surface area contributed by atoms with E-state index < -0.39 is 0 Å². The number of hydrogen-bond acceptors (Lipinski definition) is 3. The van der Waals surface area contributed by atoms with Crippen molar-refractivity contribution < 1.29 is 9.53 Å². The Balaban J connectivity index is 2.72. The third-order valence-corrected chi connectivity index (χ3v) is 2.31. The summed E-state index contributed by atoms with van der Waals surface area (Å²) in [5.41, 5.74) is 1.67. The summed E-state index contributed by atoms with van der Waals surface area (Å²) in [6, 6.07) is 5.46. The lowest BCUT2D eigenvalue weighted by Gasteiger charge is -2.07. The number of carbonyl (C=O) groups is 1. The molecule has 0 aromatic heterocycles. The second-order valence-corrected chi connectivity index (χ2v) is 3.52. The van der Waals surface area contributed by atoms with Gasteiger partial charge in [-0.25, -0.2) is 0 Å². The number of carbonyl (C=O) groups excluding carboxylic acids is 1. The fraction of sp³-hybridized carbons (Fsp3) is 0.308. The summed E-state index contributed by atoms with van der Waals surface area (Å²) >= 11 is 0. The van der Waals surface area contributed by atoms with Crippen molar-refractivity contribution in [2.24, 2.45) is 0 Å². The number of ether oxygens (including phenoxy) is 1. The van der Waals surface area contributed by atoms with Crippen LogP contribution >= 0.6 is 0 Å². The van der Waals surface area contributed by atoms with E-state index in [1.54, 1.807) is 25.3 Å². The Labute approximate surface area is 96.1 Å². The molecule has 0 spiro atoms. The number of Topliss-reactive ketones (excluding diaryl/α,β-unsaturated/α-hetero) is 1. The Bertz CT molecular complexity index is 386. The van der Waals surface area contributed by atoms with Gasteiger partial charge in [-0.3, -0.25) is 4.79 Å². The zero-order valence-corrected chi connectivity index (χ0v) is 9.75. The van der Waals surface area contributed by atoms with E-state index in [1.165, 1.54) is 0 Å². The molecule has 1 aromatic carbocycles. The Kier molecular flexibility index (Phi) is 4.73. The van der Waals surface area contributed by atoms with Crippen LogP contribution in [0.25, 0.3) is 0 Å². The van der Waals surface area contributed by atoms with Crippen molar-refractivity contribution in [1.29, 1.82) is 0 Å². The summed E-state index contributed by atoms with van der Waals surface area (Å²) in [5, 5.41) is 2.99. The Hall–Kier alpha value is -1.61. The van der Waals surface area contributed by atoms with Crippen LogP contribution in [0.3, 0.4) is 0 Å². The predicted octanol–water partition coefficient (Wildman–Crippen LogP) is 1.96. The topological polar surface area (TPSA) is 38.3 Å². The lowest BCUT2D eigenvalue weighted by Crippen LogP contribution is -2.23. The van der Waals surface area contributed by atoms with Gasteiger partial charge >= 0.3 is 0 Å². The van der Waals surface area contributed by atoms with E-state index in [9.17, 15) is 4.79 Å². The minimum atomic E-state index is 0.0852. The molecule has 1 aromatic rings. The molecule has 0 atom stereocenters. The van der Waals surface area contributed by atoms with Gasteiger partial charge in [-0.1, -0.05) is 6.08 Å². The molecule has 16 heavy (non-hydrogen) atoms. The largest absolute Gasteiger partial charge is 0.497 e. The fourth-order valence-corrected chi connectivity index (χ4v) is 1.46. The van der Waals surface area contributed by atoms with Crippen molar-refractivity contribution >= 4 is 5.78 Å². The molecule has 86 valence electrons. The van der Waals surface area contributed by atoms with Crippen LogP contribution in [0.1, 0.15) is 15.9 Å². The van der Waals surface area contributed by atoms with Crippen molar-refractivity contribution in [3.05, 3.63) is 42.0 Å². The molecular formula is C13H17NO2. The minimum absolute atomic E-state index is 0.0852. The van der Waals surface area contributed by atoms with Crippen LogP contribution in [-0.4, -0.2) is 26.0 Å².